The number of rotatable bonds is 6. The molecule has 2 rings (SSSR count). The van der Waals surface area contributed by atoms with Crippen molar-refractivity contribution in [3.63, 3.8) is 0 Å². The van der Waals surface area contributed by atoms with Crippen LogP contribution in [0.3, 0.4) is 0 Å². The van der Waals surface area contributed by atoms with Gasteiger partial charge in [0.05, 0.1) is 4.92 Å². The van der Waals surface area contributed by atoms with Crippen molar-refractivity contribution in [3.05, 3.63) is 45.0 Å². The van der Waals surface area contributed by atoms with Crippen LogP contribution >= 0.6 is 11.6 Å². The highest BCUT2D eigenvalue weighted by Crippen LogP contribution is 2.25. The zero-order valence-corrected chi connectivity index (χ0v) is 15.1. The number of likely N-dealkylation sites (tertiary alicyclic amines) is 1. The quantitative estimate of drug-likeness (QED) is 0.336. The number of carbonyl (C=O) groups is 3. The molecule has 1 aromatic carbocycles. The Labute approximate surface area is 159 Å². The lowest BCUT2D eigenvalue weighted by Gasteiger charge is -2.30. The Kier molecular flexibility index (Phi) is 6.89. The summed E-state index contributed by atoms with van der Waals surface area (Å²) in [5.74, 6) is -1.72. The second kappa shape index (κ2) is 9.13. The number of amides is 2. The lowest BCUT2D eigenvalue weighted by atomic mass is 9.96. The first kappa shape index (κ1) is 20.4. The summed E-state index contributed by atoms with van der Waals surface area (Å²) >= 11 is 5.71. The third-order valence-electron chi connectivity index (χ3n) is 4.17. The number of nitrogens with two attached hydrogens (primary N) is 1. The van der Waals surface area contributed by atoms with E-state index in [9.17, 15) is 24.5 Å². The summed E-state index contributed by atoms with van der Waals surface area (Å²) in [5, 5.41) is 10.8. The molecular weight excluding hydrogens is 378 g/mol. The minimum Gasteiger partial charge on any atom is -0.452 e. The van der Waals surface area contributed by atoms with E-state index in [4.69, 9.17) is 22.1 Å². The Bertz CT molecular complexity index is 787. The molecule has 1 heterocycles. The van der Waals surface area contributed by atoms with Gasteiger partial charge in [-0.3, -0.25) is 19.7 Å². The fraction of sp³-hybridized carbons (Fsp3) is 0.353. The SMILES string of the molecule is NC(=O)C1CCN(C(=O)COC(=O)/C=C/c2ccc(Cl)c([N+](=O)[O-])c2)CC1. The standard InChI is InChI=1S/C17H18ClN3O6/c18-13-3-1-11(9-14(13)21(25)26)2-4-16(23)27-10-15(22)20-7-5-12(6-8-20)17(19)24/h1-4,9,12H,5-8,10H2,(H2,19,24)/b4-2+. The van der Waals surface area contributed by atoms with Gasteiger partial charge in [0.15, 0.2) is 6.61 Å². The lowest BCUT2D eigenvalue weighted by Crippen LogP contribution is -2.43. The average Bonchev–Trinajstić information content (AvgIpc) is 2.65. The smallest absolute Gasteiger partial charge is 0.331 e. The zero-order valence-electron chi connectivity index (χ0n) is 14.3. The van der Waals surface area contributed by atoms with Crippen molar-refractivity contribution in [2.45, 2.75) is 12.8 Å². The van der Waals surface area contributed by atoms with Gasteiger partial charge in [0.2, 0.25) is 5.91 Å². The Hall–Kier alpha value is -2.94. The first-order valence-corrected chi connectivity index (χ1v) is 8.51. The van der Waals surface area contributed by atoms with Gasteiger partial charge in [0.25, 0.3) is 11.6 Å². The highest BCUT2D eigenvalue weighted by molar-refractivity contribution is 6.32. The minimum absolute atomic E-state index is 0.00886. The molecule has 10 heteroatoms. The summed E-state index contributed by atoms with van der Waals surface area (Å²) in [6.07, 6.45) is 3.38. The van der Waals surface area contributed by atoms with Crippen molar-refractivity contribution >= 4 is 41.1 Å². The van der Waals surface area contributed by atoms with Crippen LogP contribution in [0.1, 0.15) is 18.4 Å². The Balaban J connectivity index is 1.83. The number of carbonyl (C=O) groups excluding carboxylic acids is 3. The first-order valence-electron chi connectivity index (χ1n) is 8.14. The molecular formula is C17H18ClN3O6. The number of nitro benzene ring substituents is 1. The Morgan fingerprint density at radius 2 is 2.00 bits per heavy atom. The molecule has 0 bridgehead atoms. The fourth-order valence-corrected chi connectivity index (χ4v) is 2.81. The molecule has 0 aromatic heterocycles. The Morgan fingerprint density at radius 1 is 1.33 bits per heavy atom. The van der Waals surface area contributed by atoms with Gasteiger partial charge in [-0.2, -0.15) is 0 Å². The molecule has 0 unspecified atom stereocenters. The van der Waals surface area contributed by atoms with E-state index in [2.05, 4.69) is 0 Å². The molecule has 0 radical (unpaired) electrons. The van der Waals surface area contributed by atoms with Crippen LogP contribution in [0.2, 0.25) is 5.02 Å². The van der Waals surface area contributed by atoms with Crippen LogP contribution in [0.4, 0.5) is 5.69 Å². The summed E-state index contributed by atoms with van der Waals surface area (Å²) in [6.45, 7) is 0.341. The van der Waals surface area contributed by atoms with Crippen LogP contribution in [0, 0.1) is 16.0 Å². The number of benzene rings is 1. The van der Waals surface area contributed by atoms with E-state index in [1.54, 1.807) is 0 Å². The molecule has 1 aliphatic heterocycles. The predicted molar refractivity (Wildman–Crippen MR) is 96.6 cm³/mol. The molecule has 2 N–H and O–H groups in total. The van der Waals surface area contributed by atoms with Crippen LogP contribution in [-0.4, -0.2) is 47.3 Å². The maximum Gasteiger partial charge on any atom is 0.331 e. The number of hydrogen-bond donors (Lipinski definition) is 1. The van der Waals surface area contributed by atoms with Gasteiger partial charge in [-0.15, -0.1) is 0 Å². The van der Waals surface area contributed by atoms with E-state index in [1.165, 1.54) is 29.2 Å². The van der Waals surface area contributed by atoms with E-state index in [-0.39, 0.29) is 28.4 Å². The maximum atomic E-state index is 12.0. The number of halogens is 1. The number of nitro groups is 1. The number of hydrogen-bond acceptors (Lipinski definition) is 6. The monoisotopic (exact) mass is 395 g/mol. The fourth-order valence-electron chi connectivity index (χ4n) is 2.62. The number of ether oxygens (including phenoxy) is 1. The van der Waals surface area contributed by atoms with Gasteiger partial charge < -0.3 is 15.4 Å². The first-order chi connectivity index (χ1) is 12.8. The number of piperidine rings is 1. The van der Waals surface area contributed by atoms with Crippen LogP contribution < -0.4 is 5.73 Å². The summed E-state index contributed by atoms with van der Waals surface area (Å²) in [7, 11) is 0. The summed E-state index contributed by atoms with van der Waals surface area (Å²) in [4.78, 5) is 46.6. The third kappa shape index (κ3) is 5.78. The van der Waals surface area contributed by atoms with Gasteiger partial charge in [-0.25, -0.2) is 4.79 Å². The van der Waals surface area contributed by atoms with E-state index in [1.807, 2.05) is 0 Å². The molecule has 2 amide bonds. The second-order valence-electron chi connectivity index (χ2n) is 5.97. The summed E-state index contributed by atoms with van der Waals surface area (Å²) in [6, 6.07) is 4.08. The molecule has 1 saturated heterocycles. The van der Waals surface area contributed by atoms with E-state index in [0.29, 0.717) is 31.5 Å². The summed E-state index contributed by atoms with van der Waals surface area (Å²) in [5.41, 5.74) is 5.35. The van der Waals surface area contributed by atoms with Crippen molar-refractivity contribution in [2.24, 2.45) is 11.7 Å². The van der Waals surface area contributed by atoms with Crippen molar-refractivity contribution in [1.29, 1.82) is 0 Å². The van der Waals surface area contributed by atoms with Gasteiger partial charge in [-0.1, -0.05) is 17.7 Å². The lowest BCUT2D eigenvalue weighted by molar-refractivity contribution is -0.384. The van der Waals surface area contributed by atoms with Crippen LogP contribution in [0.5, 0.6) is 0 Å². The summed E-state index contributed by atoms with van der Waals surface area (Å²) < 4.78 is 4.89. The van der Waals surface area contributed by atoms with Crippen LogP contribution in [0.25, 0.3) is 6.08 Å². The average molecular weight is 396 g/mol. The number of nitrogens with zero attached hydrogens (tertiary/aromatic N) is 2. The molecule has 0 spiro atoms. The zero-order chi connectivity index (χ0) is 20.0. The molecule has 0 atom stereocenters. The molecule has 0 aliphatic carbocycles. The van der Waals surface area contributed by atoms with Crippen LogP contribution in [-0.2, 0) is 19.1 Å². The molecule has 27 heavy (non-hydrogen) atoms. The highest BCUT2D eigenvalue weighted by Gasteiger charge is 2.26. The largest absolute Gasteiger partial charge is 0.452 e. The molecule has 9 nitrogen and oxygen atoms in total. The van der Waals surface area contributed by atoms with Gasteiger partial charge in [0.1, 0.15) is 5.02 Å². The number of esters is 1. The predicted octanol–water partition coefficient (Wildman–Crippen LogP) is 1.53. The minimum atomic E-state index is -0.757. The molecule has 144 valence electrons. The highest BCUT2D eigenvalue weighted by atomic mass is 35.5. The van der Waals surface area contributed by atoms with E-state index >= 15 is 0 Å². The van der Waals surface area contributed by atoms with Crippen molar-refractivity contribution in [2.75, 3.05) is 19.7 Å². The third-order valence-corrected chi connectivity index (χ3v) is 4.49. The van der Waals surface area contributed by atoms with Gasteiger partial charge in [0, 0.05) is 31.1 Å². The molecule has 1 fully saturated rings. The van der Waals surface area contributed by atoms with Crippen LogP contribution in [0.15, 0.2) is 24.3 Å². The topological polar surface area (TPSA) is 133 Å². The molecule has 0 saturated carbocycles. The normalized spacial score (nSPS) is 14.9. The van der Waals surface area contributed by atoms with Crippen molar-refractivity contribution in [1.82, 2.24) is 4.90 Å². The molecule has 1 aliphatic rings. The molecule has 1 aromatic rings. The van der Waals surface area contributed by atoms with Crippen molar-refractivity contribution in [3.8, 4) is 0 Å². The number of primary amides is 1. The maximum absolute atomic E-state index is 12.0. The van der Waals surface area contributed by atoms with Gasteiger partial charge >= 0.3 is 5.97 Å². The van der Waals surface area contributed by atoms with E-state index in [0.717, 1.165) is 6.08 Å². The van der Waals surface area contributed by atoms with Crippen molar-refractivity contribution < 1.29 is 24.0 Å². The van der Waals surface area contributed by atoms with E-state index < -0.39 is 17.5 Å². The Morgan fingerprint density at radius 3 is 2.59 bits per heavy atom. The second-order valence-corrected chi connectivity index (χ2v) is 6.37. The van der Waals surface area contributed by atoms with Gasteiger partial charge in [-0.05, 0) is 30.5 Å².